The van der Waals surface area contributed by atoms with Crippen LogP contribution in [0, 0.1) is 0 Å². The van der Waals surface area contributed by atoms with E-state index in [2.05, 4.69) is 5.43 Å². The summed E-state index contributed by atoms with van der Waals surface area (Å²) in [5, 5.41) is 0. The van der Waals surface area contributed by atoms with Crippen molar-refractivity contribution in [3.8, 4) is 0 Å². The third-order valence-corrected chi connectivity index (χ3v) is 1.30. The quantitative estimate of drug-likeness (QED) is 0.499. The first-order valence-corrected chi connectivity index (χ1v) is 2.70. The lowest BCUT2D eigenvalue weighted by molar-refractivity contribution is 0.475. The van der Waals surface area contributed by atoms with Gasteiger partial charge in [0.15, 0.2) is 0 Å². The van der Waals surface area contributed by atoms with Crippen LogP contribution in [0.4, 0.5) is 0 Å². The van der Waals surface area contributed by atoms with Crippen molar-refractivity contribution in [1.82, 2.24) is 9.95 Å². The van der Waals surface area contributed by atoms with Crippen molar-refractivity contribution in [3.05, 3.63) is 24.0 Å². The highest BCUT2D eigenvalue weighted by molar-refractivity contribution is 6.14. The number of nitrogens with zero attached hydrogens (tertiary/aromatic N) is 1. The summed E-state index contributed by atoms with van der Waals surface area (Å²) in [5.74, 6) is 0. The van der Waals surface area contributed by atoms with Crippen LogP contribution in [-0.4, -0.2) is 4.53 Å². The van der Waals surface area contributed by atoms with Gasteiger partial charge in [0.2, 0.25) is 0 Å². The second kappa shape index (κ2) is 2.09. The predicted molar refractivity (Wildman–Crippen MR) is 33.7 cm³/mol. The smallest absolute Gasteiger partial charge is 0.0503 e. The predicted octanol–water partition coefficient (Wildman–Crippen LogP) is 1.38. The molecule has 0 atom stereocenters. The minimum Gasteiger partial charge on any atom is -0.291 e. The van der Waals surface area contributed by atoms with E-state index in [9.17, 15) is 0 Å². The second-order valence-electron chi connectivity index (χ2n) is 1.58. The zero-order valence-corrected chi connectivity index (χ0v) is 5.31. The molecule has 0 spiro atoms. The van der Waals surface area contributed by atoms with Gasteiger partial charge in [0, 0.05) is 18.0 Å². The molecule has 44 valence electrons. The molecule has 0 radical (unpaired) electrons. The maximum atomic E-state index is 5.57. The van der Waals surface area contributed by atoms with Crippen LogP contribution in [0.2, 0.25) is 0 Å². The molecule has 1 heterocycles. The molecule has 0 amide bonds. The molecule has 3 heteroatoms. The van der Waals surface area contributed by atoms with Gasteiger partial charge in [-0.2, -0.15) is 0 Å². The Bertz CT molecular complexity index is 139. The fraction of sp³-hybridized carbons (Fsp3) is 0.200. The Morgan fingerprint density at radius 3 is 2.88 bits per heavy atom. The molecule has 0 aromatic rings. The molecule has 0 saturated heterocycles. The summed E-state index contributed by atoms with van der Waals surface area (Å²) < 4.78 is 1.43. The minimum atomic E-state index is 0.995. The van der Waals surface area contributed by atoms with Crippen molar-refractivity contribution < 1.29 is 0 Å². The lowest BCUT2D eigenvalue weighted by atomic mass is 10.4. The fourth-order valence-corrected chi connectivity index (χ4v) is 0.576. The molecule has 2 nitrogen and oxygen atoms in total. The molecule has 0 aliphatic carbocycles. The molecule has 0 saturated carbocycles. The molecule has 0 bridgehead atoms. The van der Waals surface area contributed by atoms with Crippen LogP contribution in [0.15, 0.2) is 24.0 Å². The van der Waals surface area contributed by atoms with Crippen molar-refractivity contribution in [1.29, 1.82) is 0 Å². The highest BCUT2D eigenvalue weighted by Gasteiger charge is 1.98. The van der Waals surface area contributed by atoms with Gasteiger partial charge in [-0.3, -0.25) is 5.43 Å². The van der Waals surface area contributed by atoms with E-state index in [1.807, 2.05) is 19.1 Å². The van der Waals surface area contributed by atoms with Crippen LogP contribution in [0.1, 0.15) is 6.92 Å². The topological polar surface area (TPSA) is 15.3 Å². The van der Waals surface area contributed by atoms with E-state index in [0.717, 1.165) is 5.70 Å². The number of hydrogen-bond acceptors (Lipinski definition) is 2. The Balaban J connectivity index is 2.66. The first kappa shape index (κ1) is 5.51. The standard InChI is InChI=1S/C5H7ClN2/c1-5-3-2-4-7-8(5)6/h2-4,7H,1H3. The fourth-order valence-electron chi connectivity index (χ4n) is 0.463. The molecule has 1 rings (SSSR count). The number of hydrogen-bond donors (Lipinski definition) is 1. The lowest BCUT2D eigenvalue weighted by Gasteiger charge is -2.17. The lowest BCUT2D eigenvalue weighted by Crippen LogP contribution is -2.24. The molecule has 0 aromatic carbocycles. The van der Waals surface area contributed by atoms with Crippen molar-refractivity contribution in [3.63, 3.8) is 0 Å². The van der Waals surface area contributed by atoms with Gasteiger partial charge in [-0.15, -0.1) is 0 Å². The van der Waals surface area contributed by atoms with E-state index in [1.165, 1.54) is 4.53 Å². The van der Waals surface area contributed by atoms with Crippen molar-refractivity contribution in [2.24, 2.45) is 0 Å². The van der Waals surface area contributed by atoms with Gasteiger partial charge in [0.25, 0.3) is 0 Å². The molecule has 0 unspecified atom stereocenters. The molecule has 0 aromatic heterocycles. The molecular formula is C5H7ClN2. The Hall–Kier alpha value is -0.630. The van der Waals surface area contributed by atoms with Crippen LogP contribution in [0.3, 0.4) is 0 Å². The van der Waals surface area contributed by atoms with Gasteiger partial charge < -0.3 is 0 Å². The highest BCUT2D eigenvalue weighted by Crippen LogP contribution is 2.05. The number of halogens is 1. The average Bonchev–Trinajstić information content (AvgIpc) is 1.77. The Kier molecular flexibility index (Phi) is 1.44. The van der Waals surface area contributed by atoms with E-state index >= 15 is 0 Å². The molecule has 0 fully saturated rings. The van der Waals surface area contributed by atoms with Crippen LogP contribution in [-0.2, 0) is 0 Å². The molecular weight excluding hydrogens is 124 g/mol. The summed E-state index contributed by atoms with van der Waals surface area (Å²) in [6, 6.07) is 0. The number of hydrazine groups is 1. The van der Waals surface area contributed by atoms with Gasteiger partial charge >= 0.3 is 0 Å². The molecule has 1 aliphatic heterocycles. The third-order valence-electron chi connectivity index (χ3n) is 0.931. The van der Waals surface area contributed by atoms with Crippen molar-refractivity contribution in [2.75, 3.05) is 0 Å². The van der Waals surface area contributed by atoms with Gasteiger partial charge in [0.1, 0.15) is 0 Å². The van der Waals surface area contributed by atoms with Crippen molar-refractivity contribution >= 4 is 11.8 Å². The average molecular weight is 131 g/mol. The number of allylic oxidation sites excluding steroid dienone is 3. The van der Waals surface area contributed by atoms with Crippen LogP contribution in [0.25, 0.3) is 0 Å². The Morgan fingerprint density at radius 1 is 1.75 bits per heavy atom. The maximum absolute atomic E-state index is 5.57. The normalized spacial score (nSPS) is 17.8. The summed E-state index contributed by atoms with van der Waals surface area (Å²) in [7, 11) is 0. The SMILES string of the molecule is CC1=CC=CNN1Cl. The van der Waals surface area contributed by atoms with E-state index in [1.54, 1.807) is 6.20 Å². The second-order valence-corrected chi connectivity index (χ2v) is 1.92. The monoisotopic (exact) mass is 130 g/mol. The zero-order chi connectivity index (χ0) is 5.98. The highest BCUT2D eigenvalue weighted by atomic mass is 35.5. The van der Waals surface area contributed by atoms with Gasteiger partial charge in [-0.25, -0.2) is 4.53 Å². The van der Waals surface area contributed by atoms with E-state index < -0.39 is 0 Å². The minimum absolute atomic E-state index is 0.995. The number of nitrogens with one attached hydrogen (secondary N) is 1. The summed E-state index contributed by atoms with van der Waals surface area (Å²) in [6.07, 6.45) is 5.58. The van der Waals surface area contributed by atoms with Crippen LogP contribution in [0.5, 0.6) is 0 Å². The summed E-state index contributed by atoms with van der Waals surface area (Å²) in [6.45, 7) is 1.92. The summed E-state index contributed by atoms with van der Waals surface area (Å²) in [4.78, 5) is 0. The maximum Gasteiger partial charge on any atom is 0.0503 e. The first-order chi connectivity index (χ1) is 3.80. The molecule has 1 aliphatic rings. The summed E-state index contributed by atoms with van der Waals surface area (Å²) >= 11 is 5.57. The number of rotatable bonds is 0. The largest absolute Gasteiger partial charge is 0.291 e. The van der Waals surface area contributed by atoms with Crippen LogP contribution < -0.4 is 5.43 Å². The Morgan fingerprint density at radius 2 is 2.50 bits per heavy atom. The molecule has 8 heavy (non-hydrogen) atoms. The summed E-state index contributed by atoms with van der Waals surface area (Å²) in [5.41, 5.74) is 3.78. The van der Waals surface area contributed by atoms with Crippen molar-refractivity contribution in [2.45, 2.75) is 6.92 Å². The van der Waals surface area contributed by atoms with Gasteiger partial charge in [-0.1, -0.05) is 0 Å². The zero-order valence-electron chi connectivity index (χ0n) is 4.56. The van der Waals surface area contributed by atoms with Gasteiger partial charge in [0.05, 0.1) is 5.70 Å². The first-order valence-electron chi connectivity index (χ1n) is 2.36. The van der Waals surface area contributed by atoms with E-state index in [0.29, 0.717) is 0 Å². The third kappa shape index (κ3) is 0.954. The Labute approximate surface area is 53.5 Å². The molecule has 1 N–H and O–H groups in total. The van der Waals surface area contributed by atoms with Gasteiger partial charge in [-0.05, 0) is 19.1 Å². The van der Waals surface area contributed by atoms with Crippen LogP contribution >= 0.6 is 11.8 Å². The van der Waals surface area contributed by atoms with E-state index in [-0.39, 0.29) is 0 Å². The van der Waals surface area contributed by atoms with E-state index in [4.69, 9.17) is 11.8 Å².